The van der Waals surface area contributed by atoms with Crippen molar-refractivity contribution in [2.45, 2.75) is 51.4 Å². The predicted molar refractivity (Wildman–Crippen MR) is 275 cm³/mol. The van der Waals surface area contributed by atoms with E-state index in [9.17, 15) is 0 Å². The first kappa shape index (κ1) is 44.1. The van der Waals surface area contributed by atoms with Crippen molar-refractivity contribution in [3.05, 3.63) is 128 Å². The second-order valence-electron chi connectivity index (χ2n) is 18.8. The molecule has 0 unspecified atom stereocenters. The van der Waals surface area contributed by atoms with Crippen LogP contribution in [0.4, 0.5) is 0 Å². The maximum atomic E-state index is 5.49. The summed E-state index contributed by atoms with van der Waals surface area (Å²) in [5.41, 5.74) is 14.6. The molecular weight excluding hydrogens is 884 g/mol. The van der Waals surface area contributed by atoms with Gasteiger partial charge in [-0.15, -0.1) is 22.1 Å². The van der Waals surface area contributed by atoms with E-state index in [2.05, 4.69) is 129 Å². The average Bonchev–Trinajstić information content (AvgIpc) is 4.10. The molecule has 68 heavy (non-hydrogen) atoms. The fraction of sp³-hybridized carbons (Fsp3) is 0.316. The number of nitrogens with zero attached hydrogens (tertiary/aromatic N) is 10. The second-order valence-corrected chi connectivity index (χ2v) is 18.8. The maximum absolute atomic E-state index is 5.49. The number of hydrogen-bond acceptors (Lipinski definition) is 8. The summed E-state index contributed by atoms with van der Waals surface area (Å²) < 4.78 is 0. The second kappa shape index (κ2) is 18.6. The molecule has 347 valence electrons. The van der Waals surface area contributed by atoms with E-state index in [0.717, 1.165) is 182 Å². The largest absolute Gasteiger partial charge is 0.657 e. The molecule has 4 aromatic carbocycles. The fourth-order valence-corrected chi connectivity index (χ4v) is 11.6. The quantitative estimate of drug-likeness (QED) is 0.139. The third kappa shape index (κ3) is 7.83. The molecule has 0 aliphatic carbocycles. The van der Waals surface area contributed by atoms with E-state index in [1.807, 2.05) is 0 Å². The summed E-state index contributed by atoms with van der Waals surface area (Å²) in [6, 6.07) is 39.6. The summed E-state index contributed by atoms with van der Waals surface area (Å²) in [4.78, 5) is 41.8. The standard InChI is InChI=1S/C56H54N10.CH3.Co/c1-3-19-41-39(17-1)45-33-49-43-21-5-13-37(15-7-25-63-29-11-31-65-27-9-23-57-55(63)65)53(43)52(61-49)36-48-42-20-4-2-18-40(42)46(60-48)34-50-44-22-6-14-38(54(44)51(62-50)35-47(41)59-45)16-8-26-64-30-12-32-66-28-10-24-58-56(64)66;;/h1-6,13-14,17-22,33-36H,7-12,15-16,23-32H2;1H3;/q-2;-1;. The molecule has 2 fully saturated rings. The molecule has 10 nitrogen and oxygen atoms in total. The molecule has 8 bridgehead atoms. The molecule has 2 saturated heterocycles. The topological polar surface area (TPSA) is 91.7 Å². The number of benzene rings is 4. The van der Waals surface area contributed by atoms with Crippen LogP contribution < -0.4 is 9.97 Å². The van der Waals surface area contributed by atoms with Crippen molar-refractivity contribution in [2.24, 2.45) is 9.98 Å². The van der Waals surface area contributed by atoms with E-state index in [1.165, 1.54) is 46.7 Å². The van der Waals surface area contributed by atoms with Crippen LogP contribution in [-0.4, -0.2) is 107 Å². The van der Waals surface area contributed by atoms with E-state index in [4.69, 9.17) is 29.9 Å². The third-order valence-corrected chi connectivity index (χ3v) is 14.7. The zero-order valence-electron chi connectivity index (χ0n) is 38.9. The number of guanidine groups is 2. The minimum atomic E-state index is 0. The first-order valence-electron chi connectivity index (χ1n) is 24.5. The van der Waals surface area contributed by atoms with Crippen LogP contribution in [0.2, 0.25) is 0 Å². The first-order chi connectivity index (χ1) is 32.7. The van der Waals surface area contributed by atoms with Gasteiger partial charge in [0.05, 0.1) is 22.8 Å². The number of aryl methyl sites for hydroxylation is 2. The van der Waals surface area contributed by atoms with Gasteiger partial charge in [-0.05, 0) is 108 Å². The Hall–Kier alpha value is -6.43. The van der Waals surface area contributed by atoms with Crippen LogP contribution >= 0.6 is 0 Å². The van der Waals surface area contributed by atoms with Gasteiger partial charge in [-0.1, -0.05) is 84.9 Å². The molecule has 13 rings (SSSR count). The van der Waals surface area contributed by atoms with Crippen molar-refractivity contribution in [1.82, 2.24) is 39.5 Å². The van der Waals surface area contributed by atoms with Gasteiger partial charge >= 0.3 is 0 Å². The van der Waals surface area contributed by atoms with Gasteiger partial charge in [0.2, 0.25) is 0 Å². The van der Waals surface area contributed by atoms with Gasteiger partial charge in [0.15, 0.2) is 11.9 Å². The summed E-state index contributed by atoms with van der Waals surface area (Å²) in [6.45, 7) is 10.5. The van der Waals surface area contributed by atoms with Gasteiger partial charge < -0.3 is 37.0 Å². The molecular formula is C57H57CoN10-3. The molecule has 0 amide bonds. The summed E-state index contributed by atoms with van der Waals surface area (Å²) in [7, 11) is 0. The Balaban J connectivity index is 0.00000253. The third-order valence-electron chi connectivity index (χ3n) is 14.7. The maximum Gasteiger partial charge on any atom is 0.196 e. The van der Waals surface area contributed by atoms with E-state index in [0.29, 0.717) is 0 Å². The Bertz CT molecular complexity index is 3070. The Kier molecular flexibility index (Phi) is 12.0. The first-order valence-corrected chi connectivity index (χ1v) is 24.5. The van der Waals surface area contributed by atoms with Crippen LogP contribution in [0, 0.1) is 7.43 Å². The van der Waals surface area contributed by atoms with Gasteiger partial charge in [0.1, 0.15) is 0 Å². The fourth-order valence-electron chi connectivity index (χ4n) is 11.6. The Morgan fingerprint density at radius 1 is 0.441 bits per heavy atom. The van der Waals surface area contributed by atoms with E-state index < -0.39 is 0 Å². The van der Waals surface area contributed by atoms with E-state index >= 15 is 0 Å². The van der Waals surface area contributed by atoms with Crippen LogP contribution in [0.15, 0.2) is 119 Å². The molecule has 0 atom stereocenters. The van der Waals surface area contributed by atoms with E-state index in [1.54, 1.807) is 0 Å². The molecule has 11 heteroatoms. The van der Waals surface area contributed by atoms with Crippen LogP contribution in [0.1, 0.15) is 49.7 Å². The monoisotopic (exact) mass is 940 g/mol. The Morgan fingerprint density at radius 2 is 0.838 bits per heavy atom. The average molecular weight is 941 g/mol. The van der Waals surface area contributed by atoms with Gasteiger partial charge in [0, 0.05) is 104 Å². The number of rotatable bonds is 8. The zero-order chi connectivity index (χ0) is 43.6. The molecule has 7 aromatic rings. The van der Waals surface area contributed by atoms with Crippen molar-refractivity contribution >= 4 is 55.5 Å². The van der Waals surface area contributed by atoms with Crippen molar-refractivity contribution in [3.63, 3.8) is 0 Å². The molecule has 0 spiro atoms. The van der Waals surface area contributed by atoms with Gasteiger partial charge in [-0.2, -0.15) is 0 Å². The summed E-state index contributed by atoms with van der Waals surface area (Å²) >= 11 is 0. The van der Waals surface area contributed by atoms with Crippen LogP contribution in [0.5, 0.6) is 0 Å². The zero-order valence-corrected chi connectivity index (χ0v) is 40.0. The van der Waals surface area contributed by atoms with Crippen LogP contribution in [0.25, 0.3) is 88.6 Å². The smallest absolute Gasteiger partial charge is 0.196 e. The van der Waals surface area contributed by atoms with Crippen LogP contribution in [0.3, 0.4) is 0 Å². The van der Waals surface area contributed by atoms with Crippen molar-refractivity contribution in [3.8, 4) is 45.0 Å². The number of hydrogen-bond donors (Lipinski definition) is 0. The van der Waals surface area contributed by atoms with Crippen molar-refractivity contribution in [2.75, 3.05) is 65.4 Å². The van der Waals surface area contributed by atoms with Gasteiger partial charge in [-0.3, -0.25) is 9.98 Å². The number of fused-ring (bicyclic) bond motifs is 22. The Labute approximate surface area is 409 Å². The molecule has 3 aromatic heterocycles. The summed E-state index contributed by atoms with van der Waals surface area (Å²) in [5.74, 6) is 2.42. The molecule has 0 saturated carbocycles. The molecule has 1 radical (unpaired) electrons. The van der Waals surface area contributed by atoms with Crippen molar-refractivity contribution < 1.29 is 16.8 Å². The normalized spacial score (nSPS) is 16.3. The summed E-state index contributed by atoms with van der Waals surface area (Å²) in [5, 5.41) is 4.70. The predicted octanol–water partition coefficient (Wildman–Crippen LogP) is 10.4. The Morgan fingerprint density at radius 3 is 1.26 bits per heavy atom. The van der Waals surface area contributed by atoms with Gasteiger partial charge in [0.25, 0.3) is 0 Å². The molecule has 6 aliphatic rings. The SMILES string of the molecule is [CH3-].[Co].c1ccc2c(c1)-c1cc3[n-]c(cc4nc(cc5[n-]c(cc-2n1)c1c(CCCN2CCCN6CCCN=C62)cccc51)-c1ccccc1-4)c1c(CCCN2CCCN4CCCN=C42)cccc31. The molecule has 6 aliphatic heterocycles. The number of aromatic nitrogens is 4. The van der Waals surface area contributed by atoms with E-state index in [-0.39, 0.29) is 24.2 Å². The van der Waals surface area contributed by atoms with Crippen LogP contribution in [-0.2, 0) is 29.6 Å². The molecule has 9 heterocycles. The summed E-state index contributed by atoms with van der Waals surface area (Å²) in [6.07, 6.45) is 8.67. The minimum Gasteiger partial charge on any atom is -0.657 e. The number of aliphatic imine (C=N–C) groups is 2. The minimum absolute atomic E-state index is 0. The molecule has 0 N–H and O–H groups in total. The van der Waals surface area contributed by atoms with Crippen molar-refractivity contribution in [1.29, 1.82) is 0 Å². The van der Waals surface area contributed by atoms with Gasteiger partial charge in [-0.25, -0.2) is 9.97 Å².